The van der Waals surface area contributed by atoms with Gasteiger partial charge in [0, 0.05) is 19.3 Å². The Balaban J connectivity index is 2.11. The number of esters is 2. The third-order valence-electron chi connectivity index (χ3n) is 7.67. The molecule has 0 saturated heterocycles. The van der Waals surface area contributed by atoms with Crippen molar-refractivity contribution in [2.45, 2.75) is 78.7 Å². The lowest BCUT2D eigenvalue weighted by atomic mass is 9.52. The van der Waals surface area contributed by atoms with E-state index in [0.29, 0.717) is 6.42 Å². The molecule has 30 heavy (non-hydrogen) atoms. The van der Waals surface area contributed by atoms with Crippen LogP contribution in [-0.4, -0.2) is 25.2 Å². The number of benzene rings is 1. The Hall–Kier alpha value is -2.10. The van der Waals surface area contributed by atoms with Gasteiger partial charge < -0.3 is 9.47 Å². The molecule has 164 valence electrons. The van der Waals surface area contributed by atoms with Gasteiger partial charge in [0.1, 0.15) is 6.10 Å². The summed E-state index contributed by atoms with van der Waals surface area (Å²) in [6, 6.07) is 10.5. The normalized spacial score (nSPS) is 30.8. The third-order valence-corrected chi connectivity index (χ3v) is 7.67. The molecule has 3 rings (SSSR count). The van der Waals surface area contributed by atoms with E-state index in [-0.39, 0.29) is 40.7 Å². The van der Waals surface area contributed by atoms with Crippen LogP contribution in [0.1, 0.15) is 78.2 Å². The molecular weight excluding hydrogens is 376 g/mol. The van der Waals surface area contributed by atoms with Crippen LogP contribution >= 0.6 is 0 Å². The maximum absolute atomic E-state index is 12.4. The number of hydrogen-bond donors (Lipinski definition) is 0. The summed E-state index contributed by atoms with van der Waals surface area (Å²) < 4.78 is 11.0. The molecular formula is C26H36O4. The number of allylic oxidation sites excluding steroid dienone is 1. The van der Waals surface area contributed by atoms with Gasteiger partial charge in [-0.15, -0.1) is 0 Å². The van der Waals surface area contributed by atoms with Gasteiger partial charge in [0.25, 0.3) is 0 Å². The number of rotatable bonds is 5. The second-order valence-electron chi connectivity index (χ2n) is 9.99. The predicted octanol–water partition coefficient (Wildman–Crippen LogP) is 5.82. The monoisotopic (exact) mass is 412 g/mol. The van der Waals surface area contributed by atoms with E-state index in [4.69, 9.17) is 9.47 Å². The van der Waals surface area contributed by atoms with Crippen LogP contribution < -0.4 is 0 Å². The molecule has 4 atom stereocenters. The molecule has 0 aromatic heterocycles. The fourth-order valence-electron chi connectivity index (χ4n) is 6.34. The van der Waals surface area contributed by atoms with E-state index in [0.717, 1.165) is 25.7 Å². The summed E-state index contributed by atoms with van der Waals surface area (Å²) in [5.74, 6) is -0.0572. The van der Waals surface area contributed by atoms with Crippen LogP contribution in [0.3, 0.4) is 0 Å². The van der Waals surface area contributed by atoms with Crippen LogP contribution in [0.2, 0.25) is 0 Å². The Labute approximate surface area is 181 Å². The van der Waals surface area contributed by atoms with E-state index in [9.17, 15) is 9.59 Å². The van der Waals surface area contributed by atoms with E-state index in [2.05, 4.69) is 52.0 Å². The molecule has 0 radical (unpaired) electrons. The smallest absolute Gasteiger partial charge is 0.305 e. The van der Waals surface area contributed by atoms with Crippen LogP contribution in [0.25, 0.3) is 0 Å². The summed E-state index contributed by atoms with van der Waals surface area (Å²) in [5.41, 5.74) is 3.56. The molecule has 0 heterocycles. The fraction of sp³-hybridized carbons (Fsp3) is 0.615. The SMILES string of the molecule is COC(=O)C[C@@H]1C(C)(C)CCC[C@@]1(C)C1=C(C)[C@H](c2ccccc2)C[C@H]1OC(C)=O. The van der Waals surface area contributed by atoms with Crippen molar-refractivity contribution in [1.29, 1.82) is 0 Å². The van der Waals surface area contributed by atoms with E-state index in [1.54, 1.807) is 0 Å². The number of ether oxygens (including phenoxy) is 2. The van der Waals surface area contributed by atoms with Crippen molar-refractivity contribution in [3.63, 3.8) is 0 Å². The fourth-order valence-corrected chi connectivity index (χ4v) is 6.34. The molecule has 4 heteroatoms. The first-order valence-electron chi connectivity index (χ1n) is 11.1. The first-order valence-corrected chi connectivity index (χ1v) is 11.1. The van der Waals surface area contributed by atoms with E-state index < -0.39 is 0 Å². The van der Waals surface area contributed by atoms with Gasteiger partial charge in [0.15, 0.2) is 0 Å². The van der Waals surface area contributed by atoms with Crippen molar-refractivity contribution in [3.8, 4) is 0 Å². The summed E-state index contributed by atoms with van der Waals surface area (Å²) in [5, 5.41) is 0. The minimum absolute atomic E-state index is 0.0000765. The first-order chi connectivity index (χ1) is 14.1. The number of carbonyl (C=O) groups is 2. The molecule has 1 aromatic carbocycles. The minimum Gasteiger partial charge on any atom is -0.469 e. The number of carbonyl (C=O) groups excluding carboxylic acids is 2. The second kappa shape index (κ2) is 8.56. The van der Waals surface area contributed by atoms with Crippen LogP contribution in [0, 0.1) is 16.7 Å². The zero-order valence-corrected chi connectivity index (χ0v) is 19.3. The zero-order chi connectivity index (χ0) is 22.1. The maximum Gasteiger partial charge on any atom is 0.305 e. The Bertz CT molecular complexity index is 823. The molecule has 2 aliphatic rings. The highest BCUT2D eigenvalue weighted by atomic mass is 16.5. The van der Waals surface area contributed by atoms with Crippen molar-refractivity contribution in [1.82, 2.24) is 0 Å². The highest BCUT2D eigenvalue weighted by molar-refractivity contribution is 5.70. The van der Waals surface area contributed by atoms with Crippen LogP contribution in [0.4, 0.5) is 0 Å². The number of hydrogen-bond acceptors (Lipinski definition) is 4. The topological polar surface area (TPSA) is 52.6 Å². The van der Waals surface area contributed by atoms with Gasteiger partial charge in [-0.05, 0) is 54.1 Å². The molecule has 2 aliphatic carbocycles. The molecule has 0 spiro atoms. The molecule has 0 amide bonds. The Kier molecular flexibility index (Phi) is 6.45. The summed E-state index contributed by atoms with van der Waals surface area (Å²) >= 11 is 0. The zero-order valence-electron chi connectivity index (χ0n) is 19.3. The largest absolute Gasteiger partial charge is 0.469 e. The minimum atomic E-state index is -0.248. The van der Waals surface area contributed by atoms with Crippen molar-refractivity contribution in [3.05, 3.63) is 47.0 Å². The molecule has 1 fully saturated rings. The third kappa shape index (κ3) is 4.19. The van der Waals surface area contributed by atoms with Gasteiger partial charge >= 0.3 is 11.9 Å². The Morgan fingerprint density at radius 3 is 2.37 bits per heavy atom. The molecule has 0 aliphatic heterocycles. The van der Waals surface area contributed by atoms with Gasteiger partial charge in [0.05, 0.1) is 7.11 Å². The van der Waals surface area contributed by atoms with Crippen molar-refractivity contribution < 1.29 is 19.1 Å². The van der Waals surface area contributed by atoms with E-state index in [1.807, 2.05) is 6.07 Å². The summed E-state index contributed by atoms with van der Waals surface area (Å²) in [6.45, 7) is 10.5. The predicted molar refractivity (Wildman–Crippen MR) is 118 cm³/mol. The average molecular weight is 413 g/mol. The molecule has 0 N–H and O–H groups in total. The highest BCUT2D eigenvalue weighted by Gasteiger charge is 2.53. The summed E-state index contributed by atoms with van der Waals surface area (Å²) in [4.78, 5) is 24.4. The van der Waals surface area contributed by atoms with E-state index in [1.165, 1.54) is 30.7 Å². The van der Waals surface area contributed by atoms with Gasteiger partial charge in [-0.1, -0.05) is 63.1 Å². The summed E-state index contributed by atoms with van der Waals surface area (Å²) in [7, 11) is 1.46. The van der Waals surface area contributed by atoms with Crippen LogP contribution in [0.5, 0.6) is 0 Å². The van der Waals surface area contributed by atoms with Gasteiger partial charge in [0.2, 0.25) is 0 Å². The Morgan fingerprint density at radius 1 is 1.10 bits per heavy atom. The summed E-state index contributed by atoms with van der Waals surface area (Å²) in [6.07, 6.45) is 4.08. The number of methoxy groups -OCH3 is 1. The molecule has 0 unspecified atom stereocenters. The molecule has 0 bridgehead atoms. The van der Waals surface area contributed by atoms with Gasteiger partial charge in [-0.3, -0.25) is 9.59 Å². The quantitative estimate of drug-likeness (QED) is 0.452. The molecule has 1 aromatic rings. The maximum atomic E-state index is 12.4. The lowest BCUT2D eigenvalue weighted by Gasteiger charge is -2.52. The van der Waals surface area contributed by atoms with Crippen LogP contribution in [0.15, 0.2) is 41.5 Å². The standard InChI is InChI=1S/C26H36O4/c1-17-20(19-11-8-7-9-12-19)15-21(30-18(2)27)24(17)26(5)14-10-13-25(3,4)22(26)16-23(28)29-6/h7-9,11-12,20-22H,10,13-16H2,1-6H3/t20-,21-,22-,26-/m1/s1. The molecule has 1 saturated carbocycles. The average Bonchev–Trinajstić information content (AvgIpc) is 3.01. The highest BCUT2D eigenvalue weighted by Crippen LogP contribution is 2.60. The van der Waals surface area contributed by atoms with Crippen molar-refractivity contribution in [2.24, 2.45) is 16.7 Å². The lowest BCUT2D eigenvalue weighted by Crippen LogP contribution is -2.46. The van der Waals surface area contributed by atoms with Crippen LogP contribution in [-0.2, 0) is 19.1 Å². The van der Waals surface area contributed by atoms with Crippen molar-refractivity contribution >= 4 is 11.9 Å². The Morgan fingerprint density at radius 2 is 1.77 bits per heavy atom. The second-order valence-corrected chi connectivity index (χ2v) is 9.99. The first kappa shape index (κ1) is 22.6. The lowest BCUT2D eigenvalue weighted by molar-refractivity contribution is -0.149. The van der Waals surface area contributed by atoms with Gasteiger partial charge in [-0.2, -0.15) is 0 Å². The van der Waals surface area contributed by atoms with Crippen molar-refractivity contribution in [2.75, 3.05) is 7.11 Å². The van der Waals surface area contributed by atoms with E-state index >= 15 is 0 Å². The molecule has 4 nitrogen and oxygen atoms in total. The van der Waals surface area contributed by atoms with Gasteiger partial charge in [-0.25, -0.2) is 0 Å².